The summed E-state index contributed by atoms with van der Waals surface area (Å²) in [5.74, 6) is 0.0601. The standard InChI is InChI=1S/C11H20N4O/c1-9(2)15-8-14-7-10(15)6-13-5-4-11(16)12-3/h7-9,13H,4-6H2,1-3H3,(H,12,16). The van der Waals surface area contributed by atoms with Crippen LogP contribution in [0.25, 0.3) is 0 Å². The molecular weight excluding hydrogens is 204 g/mol. The van der Waals surface area contributed by atoms with E-state index in [1.54, 1.807) is 7.05 Å². The summed E-state index contributed by atoms with van der Waals surface area (Å²) >= 11 is 0. The van der Waals surface area contributed by atoms with E-state index in [1.165, 1.54) is 0 Å². The van der Waals surface area contributed by atoms with Crippen LogP contribution in [0.1, 0.15) is 32.0 Å². The van der Waals surface area contributed by atoms with Crippen LogP contribution in [0.15, 0.2) is 12.5 Å². The summed E-state index contributed by atoms with van der Waals surface area (Å²) in [4.78, 5) is 15.1. The molecule has 1 aromatic heterocycles. The molecule has 0 bridgehead atoms. The molecule has 0 aliphatic carbocycles. The van der Waals surface area contributed by atoms with Crippen molar-refractivity contribution in [2.24, 2.45) is 0 Å². The highest BCUT2D eigenvalue weighted by molar-refractivity contribution is 5.75. The summed E-state index contributed by atoms with van der Waals surface area (Å²) in [6, 6.07) is 0.415. The second kappa shape index (κ2) is 6.27. The van der Waals surface area contributed by atoms with Gasteiger partial charge in [-0.05, 0) is 13.8 Å². The van der Waals surface area contributed by atoms with E-state index in [4.69, 9.17) is 0 Å². The van der Waals surface area contributed by atoms with Gasteiger partial charge in [-0.25, -0.2) is 4.98 Å². The van der Waals surface area contributed by atoms with Gasteiger partial charge in [0, 0.05) is 38.8 Å². The lowest BCUT2D eigenvalue weighted by Gasteiger charge is -2.12. The van der Waals surface area contributed by atoms with Crippen molar-refractivity contribution in [3.8, 4) is 0 Å². The largest absolute Gasteiger partial charge is 0.359 e. The summed E-state index contributed by atoms with van der Waals surface area (Å²) in [5, 5.41) is 5.82. The van der Waals surface area contributed by atoms with Gasteiger partial charge in [-0.15, -0.1) is 0 Å². The average Bonchev–Trinajstić information content (AvgIpc) is 2.72. The highest BCUT2D eigenvalue weighted by Crippen LogP contribution is 2.08. The molecule has 0 aliphatic heterocycles. The molecule has 2 N–H and O–H groups in total. The van der Waals surface area contributed by atoms with E-state index in [1.807, 2.05) is 12.5 Å². The van der Waals surface area contributed by atoms with Gasteiger partial charge in [-0.1, -0.05) is 0 Å². The monoisotopic (exact) mass is 224 g/mol. The molecule has 0 aromatic carbocycles. The van der Waals surface area contributed by atoms with E-state index >= 15 is 0 Å². The van der Waals surface area contributed by atoms with Gasteiger partial charge < -0.3 is 15.2 Å². The van der Waals surface area contributed by atoms with Crippen LogP contribution in [0.4, 0.5) is 0 Å². The van der Waals surface area contributed by atoms with Gasteiger partial charge in [0.15, 0.2) is 0 Å². The van der Waals surface area contributed by atoms with Crippen LogP contribution in [0.3, 0.4) is 0 Å². The fourth-order valence-electron chi connectivity index (χ4n) is 1.48. The first-order chi connectivity index (χ1) is 7.65. The fraction of sp³-hybridized carbons (Fsp3) is 0.636. The van der Waals surface area contributed by atoms with Crippen LogP contribution >= 0.6 is 0 Å². The summed E-state index contributed by atoms with van der Waals surface area (Å²) in [6.45, 7) is 5.67. The highest BCUT2D eigenvalue weighted by Gasteiger charge is 2.04. The predicted molar refractivity (Wildman–Crippen MR) is 63.0 cm³/mol. The molecule has 1 aromatic rings. The summed E-state index contributed by atoms with van der Waals surface area (Å²) < 4.78 is 2.12. The molecule has 0 unspecified atom stereocenters. The van der Waals surface area contributed by atoms with E-state index in [-0.39, 0.29) is 5.91 Å². The summed E-state index contributed by atoms with van der Waals surface area (Å²) in [5.41, 5.74) is 1.15. The highest BCUT2D eigenvalue weighted by atomic mass is 16.1. The molecule has 5 heteroatoms. The van der Waals surface area contributed by atoms with Crippen LogP contribution < -0.4 is 10.6 Å². The zero-order chi connectivity index (χ0) is 12.0. The number of hydrogen-bond acceptors (Lipinski definition) is 3. The van der Waals surface area contributed by atoms with E-state index in [9.17, 15) is 4.79 Å². The van der Waals surface area contributed by atoms with E-state index < -0.39 is 0 Å². The second-order valence-corrected chi connectivity index (χ2v) is 3.99. The SMILES string of the molecule is CNC(=O)CCNCc1cncn1C(C)C. The number of nitrogens with one attached hydrogen (secondary N) is 2. The van der Waals surface area contributed by atoms with Crippen molar-refractivity contribution in [1.82, 2.24) is 20.2 Å². The van der Waals surface area contributed by atoms with Gasteiger partial charge in [0.2, 0.25) is 5.91 Å². The number of carbonyl (C=O) groups excluding carboxylic acids is 1. The van der Waals surface area contributed by atoms with E-state index in [2.05, 4.69) is 34.0 Å². The predicted octanol–water partition coefficient (Wildman–Crippen LogP) is 0.690. The first-order valence-electron chi connectivity index (χ1n) is 5.57. The molecule has 0 fully saturated rings. The minimum Gasteiger partial charge on any atom is -0.359 e. The van der Waals surface area contributed by atoms with Crippen molar-refractivity contribution in [3.63, 3.8) is 0 Å². The molecule has 0 saturated carbocycles. The molecule has 0 saturated heterocycles. The number of rotatable bonds is 6. The zero-order valence-corrected chi connectivity index (χ0v) is 10.2. The number of aromatic nitrogens is 2. The second-order valence-electron chi connectivity index (χ2n) is 3.99. The Balaban J connectivity index is 2.32. The molecule has 1 amide bonds. The van der Waals surface area contributed by atoms with Gasteiger partial charge >= 0.3 is 0 Å². The third kappa shape index (κ3) is 3.66. The third-order valence-electron chi connectivity index (χ3n) is 2.42. The van der Waals surface area contributed by atoms with E-state index in [0.717, 1.165) is 12.2 Å². The smallest absolute Gasteiger partial charge is 0.221 e. The topological polar surface area (TPSA) is 59.0 Å². The zero-order valence-electron chi connectivity index (χ0n) is 10.2. The van der Waals surface area contributed by atoms with Crippen LogP contribution in [-0.2, 0) is 11.3 Å². The van der Waals surface area contributed by atoms with Gasteiger partial charge in [0.1, 0.15) is 0 Å². The Labute approximate surface area is 96.3 Å². The average molecular weight is 224 g/mol. The lowest BCUT2D eigenvalue weighted by molar-refractivity contribution is -0.120. The van der Waals surface area contributed by atoms with Crippen LogP contribution in [0, 0.1) is 0 Å². The molecule has 5 nitrogen and oxygen atoms in total. The van der Waals surface area contributed by atoms with Crippen LogP contribution in [0.5, 0.6) is 0 Å². The van der Waals surface area contributed by atoms with E-state index in [0.29, 0.717) is 19.0 Å². The molecular formula is C11H20N4O. The van der Waals surface area contributed by atoms with Crippen molar-refractivity contribution in [1.29, 1.82) is 0 Å². The number of amides is 1. The Morgan fingerprint density at radius 1 is 1.56 bits per heavy atom. The van der Waals surface area contributed by atoms with Gasteiger partial charge in [0.05, 0.1) is 12.0 Å². The minimum absolute atomic E-state index is 0.0601. The third-order valence-corrected chi connectivity index (χ3v) is 2.42. The summed E-state index contributed by atoms with van der Waals surface area (Å²) in [7, 11) is 1.65. The Kier molecular flexibility index (Phi) is 4.98. The molecule has 0 atom stereocenters. The number of hydrogen-bond donors (Lipinski definition) is 2. The Morgan fingerprint density at radius 2 is 2.31 bits per heavy atom. The van der Waals surface area contributed by atoms with Gasteiger partial charge in [-0.3, -0.25) is 4.79 Å². The molecule has 0 aliphatic rings. The van der Waals surface area contributed by atoms with Crippen LogP contribution in [-0.4, -0.2) is 29.1 Å². The van der Waals surface area contributed by atoms with Gasteiger partial charge in [0.25, 0.3) is 0 Å². The van der Waals surface area contributed by atoms with Crippen molar-refractivity contribution in [2.75, 3.05) is 13.6 Å². The number of carbonyl (C=O) groups is 1. The number of imidazole rings is 1. The van der Waals surface area contributed by atoms with Crippen molar-refractivity contribution in [2.45, 2.75) is 32.9 Å². The Hall–Kier alpha value is -1.36. The maximum Gasteiger partial charge on any atom is 0.221 e. The van der Waals surface area contributed by atoms with Gasteiger partial charge in [-0.2, -0.15) is 0 Å². The first-order valence-corrected chi connectivity index (χ1v) is 5.57. The first kappa shape index (κ1) is 12.7. The summed E-state index contributed by atoms with van der Waals surface area (Å²) in [6.07, 6.45) is 4.19. The van der Waals surface area contributed by atoms with Crippen LogP contribution in [0.2, 0.25) is 0 Å². The Bertz CT molecular complexity index is 332. The molecule has 0 spiro atoms. The van der Waals surface area contributed by atoms with Crippen molar-refractivity contribution < 1.29 is 4.79 Å². The molecule has 90 valence electrons. The fourth-order valence-corrected chi connectivity index (χ4v) is 1.48. The quantitative estimate of drug-likeness (QED) is 0.699. The van der Waals surface area contributed by atoms with Crippen molar-refractivity contribution >= 4 is 5.91 Å². The lowest BCUT2D eigenvalue weighted by atomic mass is 10.3. The maximum atomic E-state index is 11.0. The molecule has 16 heavy (non-hydrogen) atoms. The molecule has 1 heterocycles. The van der Waals surface area contributed by atoms with Crippen molar-refractivity contribution in [3.05, 3.63) is 18.2 Å². The molecule has 0 radical (unpaired) electrons. The maximum absolute atomic E-state index is 11.0. The number of nitrogens with zero attached hydrogens (tertiary/aromatic N) is 2. The minimum atomic E-state index is 0.0601. The Morgan fingerprint density at radius 3 is 2.94 bits per heavy atom. The lowest BCUT2D eigenvalue weighted by Crippen LogP contribution is -2.25. The normalized spacial score (nSPS) is 10.8. The molecule has 1 rings (SSSR count).